The zero-order valence-corrected chi connectivity index (χ0v) is 16.8. The van der Waals surface area contributed by atoms with E-state index in [4.69, 9.17) is 0 Å². The van der Waals surface area contributed by atoms with E-state index in [1.165, 1.54) is 11.2 Å². The SMILES string of the molecule is CCNC(=NCC(C)(C)CCS(C)(=O)=O)NC1CCN(CC(F)(F)F)C1. The highest BCUT2D eigenvalue weighted by Crippen LogP contribution is 2.22. The van der Waals surface area contributed by atoms with E-state index in [0.29, 0.717) is 45.0 Å². The molecule has 1 fully saturated rings. The lowest BCUT2D eigenvalue weighted by atomic mass is 9.90. The summed E-state index contributed by atoms with van der Waals surface area (Å²) in [4.78, 5) is 5.89. The molecule has 26 heavy (non-hydrogen) atoms. The van der Waals surface area contributed by atoms with Crippen molar-refractivity contribution >= 4 is 15.8 Å². The molecule has 0 aromatic rings. The van der Waals surface area contributed by atoms with E-state index in [0.717, 1.165) is 0 Å². The number of sulfone groups is 1. The molecule has 0 aromatic carbocycles. The predicted octanol–water partition coefficient (Wildman–Crippen LogP) is 1.64. The van der Waals surface area contributed by atoms with Crippen LogP contribution in [-0.2, 0) is 9.84 Å². The fraction of sp³-hybridized carbons (Fsp3) is 0.938. The van der Waals surface area contributed by atoms with Crippen molar-refractivity contribution in [3.63, 3.8) is 0 Å². The zero-order valence-electron chi connectivity index (χ0n) is 16.0. The lowest BCUT2D eigenvalue weighted by Crippen LogP contribution is -2.45. The summed E-state index contributed by atoms with van der Waals surface area (Å²) in [6, 6.07) is -0.0886. The Morgan fingerprint density at radius 1 is 1.31 bits per heavy atom. The van der Waals surface area contributed by atoms with Gasteiger partial charge in [0.05, 0.1) is 12.3 Å². The van der Waals surface area contributed by atoms with Gasteiger partial charge in [0.15, 0.2) is 5.96 Å². The Labute approximate surface area is 154 Å². The third-order valence-corrected chi connectivity index (χ3v) is 5.12. The van der Waals surface area contributed by atoms with Crippen LogP contribution in [0.15, 0.2) is 4.99 Å². The van der Waals surface area contributed by atoms with Gasteiger partial charge in [0.2, 0.25) is 0 Å². The number of likely N-dealkylation sites (tertiary alicyclic amines) is 1. The zero-order chi connectivity index (χ0) is 20.0. The summed E-state index contributed by atoms with van der Waals surface area (Å²) in [6.45, 7) is 6.70. The smallest absolute Gasteiger partial charge is 0.357 e. The third-order valence-electron chi connectivity index (χ3n) is 4.18. The van der Waals surface area contributed by atoms with E-state index in [2.05, 4.69) is 15.6 Å². The highest BCUT2D eigenvalue weighted by Gasteiger charge is 2.34. The van der Waals surface area contributed by atoms with Gasteiger partial charge in [0, 0.05) is 38.5 Å². The third kappa shape index (κ3) is 10.2. The highest BCUT2D eigenvalue weighted by molar-refractivity contribution is 7.90. The van der Waals surface area contributed by atoms with E-state index in [-0.39, 0.29) is 17.2 Å². The normalized spacial score (nSPS) is 20.4. The number of aliphatic imine (C=N–C) groups is 1. The number of nitrogens with one attached hydrogen (secondary N) is 2. The quantitative estimate of drug-likeness (QED) is 0.479. The number of hydrogen-bond acceptors (Lipinski definition) is 4. The molecule has 0 spiro atoms. The first-order valence-electron chi connectivity index (χ1n) is 8.81. The largest absolute Gasteiger partial charge is 0.401 e. The molecule has 1 saturated heterocycles. The lowest BCUT2D eigenvalue weighted by Gasteiger charge is -2.24. The Kier molecular flexibility index (Phi) is 8.19. The number of alkyl halides is 3. The van der Waals surface area contributed by atoms with Gasteiger partial charge >= 0.3 is 6.18 Å². The molecule has 1 aliphatic rings. The number of rotatable bonds is 8. The summed E-state index contributed by atoms with van der Waals surface area (Å²) in [5, 5.41) is 6.29. The Morgan fingerprint density at radius 2 is 1.96 bits per heavy atom. The van der Waals surface area contributed by atoms with E-state index in [1.807, 2.05) is 20.8 Å². The van der Waals surface area contributed by atoms with Crippen molar-refractivity contribution in [2.24, 2.45) is 10.4 Å². The minimum Gasteiger partial charge on any atom is -0.357 e. The second kappa shape index (κ2) is 9.25. The molecular weight excluding hydrogens is 369 g/mol. The molecule has 10 heteroatoms. The van der Waals surface area contributed by atoms with Gasteiger partial charge in [-0.05, 0) is 25.2 Å². The Balaban J connectivity index is 2.58. The molecule has 1 unspecified atom stereocenters. The van der Waals surface area contributed by atoms with Gasteiger partial charge < -0.3 is 10.6 Å². The van der Waals surface area contributed by atoms with Crippen LogP contribution >= 0.6 is 0 Å². The molecule has 154 valence electrons. The van der Waals surface area contributed by atoms with Crippen molar-refractivity contribution in [1.29, 1.82) is 0 Å². The van der Waals surface area contributed by atoms with Crippen LogP contribution in [0.2, 0.25) is 0 Å². The fourth-order valence-electron chi connectivity index (χ4n) is 2.69. The average molecular weight is 401 g/mol. The standard InChI is InChI=1S/C16H31F3N4O2S/c1-5-20-14(21-11-15(2,3)7-9-26(4,24)25)22-13-6-8-23(10-13)12-16(17,18)19/h13H,5-12H2,1-4H3,(H2,20,21,22). The van der Waals surface area contributed by atoms with Gasteiger partial charge in [0.25, 0.3) is 0 Å². The second-order valence-corrected chi connectivity index (χ2v) is 9.98. The van der Waals surface area contributed by atoms with E-state index >= 15 is 0 Å². The van der Waals surface area contributed by atoms with E-state index < -0.39 is 22.6 Å². The molecule has 2 N–H and O–H groups in total. The summed E-state index contributed by atoms with van der Waals surface area (Å²) in [5.74, 6) is 0.660. The van der Waals surface area contributed by atoms with Gasteiger partial charge in [-0.1, -0.05) is 13.8 Å². The summed E-state index contributed by atoms with van der Waals surface area (Å²) >= 11 is 0. The molecule has 1 aliphatic heterocycles. The molecule has 0 amide bonds. The maximum atomic E-state index is 12.5. The van der Waals surface area contributed by atoms with E-state index in [9.17, 15) is 21.6 Å². The Bertz CT molecular complexity index is 577. The van der Waals surface area contributed by atoms with Crippen LogP contribution in [0.25, 0.3) is 0 Å². The molecule has 6 nitrogen and oxygen atoms in total. The van der Waals surface area contributed by atoms with Crippen molar-refractivity contribution in [1.82, 2.24) is 15.5 Å². The van der Waals surface area contributed by atoms with Crippen LogP contribution in [0, 0.1) is 5.41 Å². The topological polar surface area (TPSA) is 73.8 Å². The average Bonchev–Trinajstić information content (AvgIpc) is 2.87. The maximum Gasteiger partial charge on any atom is 0.401 e. The van der Waals surface area contributed by atoms with Crippen molar-refractivity contribution in [2.45, 2.75) is 45.8 Å². The lowest BCUT2D eigenvalue weighted by molar-refractivity contribution is -0.143. The highest BCUT2D eigenvalue weighted by atomic mass is 32.2. The summed E-state index contributed by atoms with van der Waals surface area (Å²) in [5.41, 5.74) is -0.288. The van der Waals surface area contributed by atoms with Crippen LogP contribution in [0.1, 0.15) is 33.6 Å². The van der Waals surface area contributed by atoms with Crippen molar-refractivity contribution in [3.8, 4) is 0 Å². The number of nitrogens with zero attached hydrogens (tertiary/aromatic N) is 2. The van der Waals surface area contributed by atoms with Crippen molar-refractivity contribution in [2.75, 3.05) is 44.7 Å². The first-order chi connectivity index (χ1) is 11.8. The Morgan fingerprint density at radius 3 is 2.50 bits per heavy atom. The molecule has 1 heterocycles. The van der Waals surface area contributed by atoms with Crippen LogP contribution in [0.4, 0.5) is 13.2 Å². The molecule has 0 aliphatic carbocycles. The molecule has 1 rings (SSSR count). The first-order valence-corrected chi connectivity index (χ1v) is 10.9. The fourth-order valence-corrected chi connectivity index (χ4v) is 3.62. The molecular formula is C16H31F3N4O2S. The molecule has 0 bridgehead atoms. The minimum atomic E-state index is -4.18. The molecule has 0 radical (unpaired) electrons. The monoisotopic (exact) mass is 400 g/mol. The van der Waals surface area contributed by atoms with Gasteiger partial charge in [0.1, 0.15) is 9.84 Å². The molecule has 0 saturated carbocycles. The van der Waals surface area contributed by atoms with Crippen LogP contribution in [0.5, 0.6) is 0 Å². The van der Waals surface area contributed by atoms with Gasteiger partial charge in [-0.15, -0.1) is 0 Å². The summed E-state index contributed by atoms with van der Waals surface area (Å²) in [6.07, 6.45) is -1.85. The number of hydrogen-bond donors (Lipinski definition) is 2. The van der Waals surface area contributed by atoms with Crippen LogP contribution < -0.4 is 10.6 Å². The predicted molar refractivity (Wildman–Crippen MR) is 98.1 cm³/mol. The van der Waals surface area contributed by atoms with Crippen molar-refractivity contribution in [3.05, 3.63) is 0 Å². The van der Waals surface area contributed by atoms with Crippen LogP contribution in [0.3, 0.4) is 0 Å². The van der Waals surface area contributed by atoms with Gasteiger partial charge in [-0.2, -0.15) is 13.2 Å². The van der Waals surface area contributed by atoms with E-state index in [1.54, 1.807) is 0 Å². The van der Waals surface area contributed by atoms with Crippen LogP contribution in [-0.4, -0.2) is 76.2 Å². The van der Waals surface area contributed by atoms with Crippen molar-refractivity contribution < 1.29 is 21.6 Å². The summed E-state index contributed by atoms with van der Waals surface area (Å²) in [7, 11) is -3.02. The second-order valence-electron chi connectivity index (χ2n) is 7.72. The van der Waals surface area contributed by atoms with Gasteiger partial charge in [-0.3, -0.25) is 9.89 Å². The maximum absolute atomic E-state index is 12.5. The number of halogens is 3. The minimum absolute atomic E-state index is 0.0886. The Hall–Kier alpha value is -1.03. The summed E-state index contributed by atoms with van der Waals surface area (Å²) < 4.78 is 60.1. The number of guanidine groups is 1. The molecule has 1 atom stereocenters. The molecule has 0 aromatic heterocycles. The first kappa shape index (κ1) is 23.0. The van der Waals surface area contributed by atoms with Gasteiger partial charge in [-0.25, -0.2) is 8.42 Å².